The monoisotopic (exact) mass is 474 g/mol. The zero-order valence-corrected chi connectivity index (χ0v) is 19.6. The highest BCUT2D eigenvalue weighted by molar-refractivity contribution is 6.46. The molecule has 8 heteroatoms. The molecular formula is C24H24Cl2N2O4. The van der Waals surface area contributed by atoms with E-state index in [0.717, 1.165) is 11.3 Å². The number of Topliss-reactive ketones (excluding diaryl/α,β-unsaturated/α-hetero) is 1. The molecule has 1 fully saturated rings. The summed E-state index contributed by atoms with van der Waals surface area (Å²) in [6, 6.07) is 9.50. The number of halogens is 2. The number of ether oxygens (including phenoxy) is 1. The highest BCUT2D eigenvalue weighted by Crippen LogP contribution is 2.41. The van der Waals surface area contributed by atoms with Crippen molar-refractivity contribution in [3.63, 3.8) is 0 Å². The summed E-state index contributed by atoms with van der Waals surface area (Å²) in [4.78, 5) is 29.5. The summed E-state index contributed by atoms with van der Waals surface area (Å²) in [7, 11) is 3.77. The average Bonchev–Trinajstić information content (AvgIpc) is 3.24. The van der Waals surface area contributed by atoms with Gasteiger partial charge in [0.1, 0.15) is 17.6 Å². The molecule has 0 spiro atoms. The number of hydrogen-bond donors (Lipinski definition) is 1. The van der Waals surface area contributed by atoms with E-state index >= 15 is 0 Å². The molecule has 1 N–H and O–H groups in total. The first-order chi connectivity index (χ1) is 15.2. The fourth-order valence-electron chi connectivity index (χ4n) is 4.17. The average molecular weight is 475 g/mol. The maximum atomic E-state index is 13.1. The van der Waals surface area contributed by atoms with Crippen molar-refractivity contribution >= 4 is 40.7 Å². The molecule has 0 radical (unpaired) electrons. The summed E-state index contributed by atoms with van der Waals surface area (Å²) in [6.45, 7) is 2.84. The van der Waals surface area contributed by atoms with Crippen molar-refractivity contribution in [2.45, 2.75) is 25.5 Å². The van der Waals surface area contributed by atoms with Gasteiger partial charge in [-0.3, -0.25) is 9.59 Å². The zero-order valence-electron chi connectivity index (χ0n) is 18.1. The van der Waals surface area contributed by atoms with Crippen LogP contribution in [0.25, 0.3) is 5.76 Å². The molecule has 4 rings (SSSR count). The molecule has 0 aliphatic carbocycles. The summed E-state index contributed by atoms with van der Waals surface area (Å²) < 4.78 is 5.73. The number of likely N-dealkylation sites (N-methyl/N-ethyl adjacent to an activating group) is 1. The lowest BCUT2D eigenvalue weighted by Crippen LogP contribution is -2.35. The molecule has 2 aromatic rings. The van der Waals surface area contributed by atoms with Gasteiger partial charge in [-0.05, 0) is 62.5 Å². The molecule has 1 saturated heterocycles. The number of fused-ring (bicyclic) bond motifs is 1. The first kappa shape index (κ1) is 22.6. The van der Waals surface area contributed by atoms with Gasteiger partial charge in [0.05, 0.1) is 21.7 Å². The minimum absolute atomic E-state index is 0.0408. The maximum Gasteiger partial charge on any atom is 0.295 e. The normalized spacial score (nSPS) is 21.9. The molecule has 1 amide bonds. The molecule has 6 nitrogen and oxygen atoms in total. The van der Waals surface area contributed by atoms with Crippen molar-refractivity contribution < 1.29 is 19.4 Å². The summed E-state index contributed by atoms with van der Waals surface area (Å²) in [5.74, 6) is -0.819. The predicted molar refractivity (Wildman–Crippen MR) is 124 cm³/mol. The van der Waals surface area contributed by atoms with Gasteiger partial charge in [-0.25, -0.2) is 0 Å². The van der Waals surface area contributed by atoms with Gasteiger partial charge in [-0.2, -0.15) is 0 Å². The fourth-order valence-corrected chi connectivity index (χ4v) is 4.48. The Labute approximate surface area is 197 Å². The molecule has 2 heterocycles. The van der Waals surface area contributed by atoms with Crippen molar-refractivity contribution in [3.05, 3.63) is 68.7 Å². The Bertz CT molecular complexity index is 1130. The Kier molecular flexibility index (Phi) is 6.21. The maximum absolute atomic E-state index is 13.1. The molecule has 2 aromatic carbocycles. The molecule has 2 aliphatic heterocycles. The number of hydrogen-bond acceptors (Lipinski definition) is 5. The summed E-state index contributed by atoms with van der Waals surface area (Å²) in [5, 5.41) is 11.9. The lowest BCUT2D eigenvalue weighted by molar-refractivity contribution is -0.140. The number of rotatable bonds is 5. The molecule has 2 aliphatic rings. The molecule has 0 saturated carbocycles. The van der Waals surface area contributed by atoms with Crippen molar-refractivity contribution in [2.24, 2.45) is 0 Å². The molecule has 0 bridgehead atoms. The van der Waals surface area contributed by atoms with Crippen LogP contribution < -0.4 is 4.74 Å². The van der Waals surface area contributed by atoms with E-state index in [1.54, 1.807) is 30.3 Å². The van der Waals surface area contributed by atoms with Crippen LogP contribution in [0.2, 0.25) is 10.0 Å². The zero-order chi connectivity index (χ0) is 23.2. The highest BCUT2D eigenvalue weighted by atomic mass is 35.5. The van der Waals surface area contributed by atoms with Crippen LogP contribution in [-0.4, -0.2) is 59.9 Å². The largest absolute Gasteiger partial charge is 0.507 e. The number of likely N-dealkylation sites (tertiary alicyclic amines) is 1. The van der Waals surface area contributed by atoms with Crippen molar-refractivity contribution in [1.82, 2.24) is 9.80 Å². The first-order valence-corrected chi connectivity index (χ1v) is 11.1. The van der Waals surface area contributed by atoms with Crippen LogP contribution in [0.3, 0.4) is 0 Å². The number of benzene rings is 2. The molecule has 2 unspecified atom stereocenters. The van der Waals surface area contributed by atoms with E-state index in [2.05, 4.69) is 0 Å². The van der Waals surface area contributed by atoms with Crippen LogP contribution in [0, 0.1) is 0 Å². The second kappa shape index (κ2) is 8.77. The van der Waals surface area contributed by atoms with E-state index in [4.69, 9.17) is 27.9 Å². The molecule has 0 aromatic heterocycles. The number of nitrogens with zero attached hydrogens (tertiary/aromatic N) is 2. The minimum atomic E-state index is -0.770. The van der Waals surface area contributed by atoms with Gasteiger partial charge in [0.2, 0.25) is 0 Å². The van der Waals surface area contributed by atoms with Gasteiger partial charge < -0.3 is 19.6 Å². The van der Waals surface area contributed by atoms with E-state index in [-0.39, 0.29) is 17.4 Å². The van der Waals surface area contributed by atoms with E-state index in [0.29, 0.717) is 40.7 Å². The van der Waals surface area contributed by atoms with Crippen LogP contribution in [0.4, 0.5) is 0 Å². The molecular weight excluding hydrogens is 451 g/mol. The Hall–Kier alpha value is -2.54. The van der Waals surface area contributed by atoms with E-state index in [9.17, 15) is 14.7 Å². The van der Waals surface area contributed by atoms with Gasteiger partial charge in [0.25, 0.3) is 11.7 Å². The first-order valence-electron chi connectivity index (χ1n) is 10.4. The van der Waals surface area contributed by atoms with Crippen LogP contribution in [-0.2, 0) is 16.0 Å². The smallest absolute Gasteiger partial charge is 0.295 e. The molecule has 2 atom stereocenters. The Morgan fingerprint density at radius 2 is 1.91 bits per heavy atom. The Morgan fingerprint density at radius 3 is 2.59 bits per heavy atom. The summed E-state index contributed by atoms with van der Waals surface area (Å²) in [6.07, 6.45) is 0.763. The van der Waals surface area contributed by atoms with Crippen LogP contribution in [0.15, 0.2) is 42.0 Å². The molecule has 32 heavy (non-hydrogen) atoms. The number of ketones is 1. The quantitative estimate of drug-likeness (QED) is 0.397. The Morgan fingerprint density at radius 1 is 1.16 bits per heavy atom. The van der Waals surface area contributed by atoms with E-state index in [1.807, 2.05) is 32.0 Å². The second-order valence-corrected chi connectivity index (χ2v) is 9.24. The van der Waals surface area contributed by atoms with Crippen molar-refractivity contribution in [3.8, 4) is 5.75 Å². The van der Waals surface area contributed by atoms with E-state index < -0.39 is 17.7 Å². The van der Waals surface area contributed by atoms with Gasteiger partial charge >= 0.3 is 0 Å². The minimum Gasteiger partial charge on any atom is -0.507 e. The number of amides is 1. The fraction of sp³-hybridized carbons (Fsp3) is 0.333. The third-order valence-electron chi connectivity index (χ3n) is 5.76. The third-order valence-corrected chi connectivity index (χ3v) is 6.50. The topological polar surface area (TPSA) is 70.1 Å². The highest BCUT2D eigenvalue weighted by Gasteiger charge is 2.46. The number of aliphatic hydroxyl groups excluding tert-OH is 1. The van der Waals surface area contributed by atoms with E-state index in [1.165, 1.54) is 4.90 Å². The van der Waals surface area contributed by atoms with Crippen LogP contribution in [0.5, 0.6) is 5.75 Å². The Balaban J connectivity index is 1.83. The SMILES string of the molecule is CC1Cc2cc(/C(O)=C3\C(=O)C(=O)N(CCN(C)C)C3c3ccc(Cl)c(Cl)c3)ccc2O1. The lowest BCUT2D eigenvalue weighted by Gasteiger charge is -2.26. The van der Waals surface area contributed by atoms with Crippen molar-refractivity contribution in [2.75, 3.05) is 27.2 Å². The number of carbonyl (C=O) groups is 2. The van der Waals surface area contributed by atoms with Crippen molar-refractivity contribution in [1.29, 1.82) is 0 Å². The van der Waals surface area contributed by atoms with Gasteiger partial charge in [-0.1, -0.05) is 29.3 Å². The summed E-state index contributed by atoms with van der Waals surface area (Å²) >= 11 is 12.3. The predicted octanol–water partition coefficient (Wildman–Crippen LogP) is 4.30. The van der Waals surface area contributed by atoms with Crippen LogP contribution in [0.1, 0.15) is 29.7 Å². The third kappa shape index (κ3) is 4.10. The lowest BCUT2D eigenvalue weighted by atomic mass is 9.94. The van der Waals surface area contributed by atoms with Gasteiger partial charge in [-0.15, -0.1) is 0 Å². The number of carbonyl (C=O) groups excluding carboxylic acids is 2. The molecule has 168 valence electrons. The standard InChI is InChI=1S/C24H24Cl2N2O4/c1-13-10-16-11-15(5-7-19(16)32-13)22(29)20-21(14-4-6-17(25)18(26)12-14)28(9-8-27(2)3)24(31)23(20)30/h4-7,11-13,21,29H,8-10H2,1-3H3/b22-20+. The van der Waals surface area contributed by atoms with Gasteiger partial charge in [0.15, 0.2) is 0 Å². The van der Waals surface area contributed by atoms with Crippen LogP contribution >= 0.6 is 23.2 Å². The number of aliphatic hydroxyl groups is 1. The van der Waals surface area contributed by atoms with Gasteiger partial charge in [0, 0.05) is 25.1 Å². The second-order valence-electron chi connectivity index (χ2n) is 8.42. The summed E-state index contributed by atoms with van der Waals surface area (Å²) in [5.41, 5.74) is 2.07.